The lowest BCUT2D eigenvalue weighted by Crippen LogP contribution is -2.43. The number of halogens is 1. The number of aromatic carboxylic acids is 1. The van der Waals surface area contributed by atoms with Crippen molar-refractivity contribution in [3.63, 3.8) is 0 Å². The van der Waals surface area contributed by atoms with Gasteiger partial charge >= 0.3 is 12.0 Å². The first-order chi connectivity index (χ1) is 9.11. The molecule has 0 heterocycles. The molecule has 0 fully saturated rings. The summed E-state index contributed by atoms with van der Waals surface area (Å²) in [5, 5.41) is 14.5. The van der Waals surface area contributed by atoms with Crippen molar-refractivity contribution in [2.45, 2.75) is 33.7 Å². The first kappa shape index (κ1) is 16.5. The van der Waals surface area contributed by atoms with Crippen molar-refractivity contribution in [1.82, 2.24) is 5.32 Å². The maximum absolute atomic E-state index is 11.9. The molecule has 0 bridgehead atoms. The number of carbonyl (C=O) groups excluding carboxylic acids is 1. The summed E-state index contributed by atoms with van der Waals surface area (Å²) in [7, 11) is 0. The summed E-state index contributed by atoms with van der Waals surface area (Å²) in [5.74, 6) is -1.09. The van der Waals surface area contributed by atoms with Crippen LogP contribution in [0.2, 0.25) is 0 Å². The second-order valence-electron chi connectivity index (χ2n) is 5.68. The molecule has 1 aromatic carbocycles. The van der Waals surface area contributed by atoms with E-state index in [2.05, 4.69) is 26.6 Å². The molecule has 1 rings (SSSR count). The monoisotopic (exact) mass is 342 g/mol. The van der Waals surface area contributed by atoms with Gasteiger partial charge in [-0.1, -0.05) is 36.7 Å². The molecule has 110 valence electrons. The second kappa shape index (κ2) is 6.26. The highest BCUT2D eigenvalue weighted by Gasteiger charge is 2.22. The zero-order chi connectivity index (χ0) is 15.5. The summed E-state index contributed by atoms with van der Waals surface area (Å²) in [6.07, 6.45) is 0. The smallest absolute Gasteiger partial charge is 0.337 e. The van der Waals surface area contributed by atoms with Gasteiger partial charge in [-0.15, -0.1) is 0 Å². The standard InChI is InChI=1S/C14H19BrN2O3/c1-8(14(2,3)4)16-13(20)17-11-7-9(15)5-6-10(11)12(18)19/h5-8H,1-4H3,(H,18,19)(H2,16,17,20). The minimum Gasteiger partial charge on any atom is -0.478 e. The van der Waals surface area contributed by atoms with E-state index in [4.69, 9.17) is 5.11 Å². The Hall–Kier alpha value is -1.56. The van der Waals surface area contributed by atoms with Gasteiger partial charge in [0.15, 0.2) is 0 Å². The van der Waals surface area contributed by atoms with E-state index in [0.717, 1.165) is 0 Å². The van der Waals surface area contributed by atoms with E-state index in [9.17, 15) is 9.59 Å². The lowest BCUT2D eigenvalue weighted by Gasteiger charge is -2.28. The number of urea groups is 1. The molecule has 2 amide bonds. The molecule has 0 saturated carbocycles. The predicted molar refractivity (Wildman–Crippen MR) is 82.2 cm³/mol. The van der Waals surface area contributed by atoms with Gasteiger partial charge in [0.05, 0.1) is 11.3 Å². The van der Waals surface area contributed by atoms with E-state index in [1.807, 2.05) is 27.7 Å². The highest BCUT2D eigenvalue weighted by atomic mass is 79.9. The number of nitrogens with one attached hydrogen (secondary N) is 2. The lowest BCUT2D eigenvalue weighted by molar-refractivity contribution is 0.0698. The van der Waals surface area contributed by atoms with Gasteiger partial charge in [-0.3, -0.25) is 0 Å². The quantitative estimate of drug-likeness (QED) is 0.783. The Morgan fingerprint density at radius 2 is 1.90 bits per heavy atom. The molecule has 0 radical (unpaired) electrons. The molecule has 1 unspecified atom stereocenters. The topological polar surface area (TPSA) is 78.4 Å². The number of carbonyl (C=O) groups is 2. The number of hydrogen-bond donors (Lipinski definition) is 3. The van der Waals surface area contributed by atoms with Crippen LogP contribution < -0.4 is 10.6 Å². The molecule has 0 spiro atoms. The van der Waals surface area contributed by atoms with Crippen molar-refractivity contribution in [2.75, 3.05) is 5.32 Å². The Labute approximate surface area is 126 Å². The number of hydrogen-bond acceptors (Lipinski definition) is 2. The van der Waals surface area contributed by atoms with Crippen LogP contribution in [0.25, 0.3) is 0 Å². The van der Waals surface area contributed by atoms with Crippen LogP contribution in [-0.4, -0.2) is 23.1 Å². The Bertz CT molecular complexity index is 524. The Morgan fingerprint density at radius 1 is 1.30 bits per heavy atom. The van der Waals surface area contributed by atoms with Crippen molar-refractivity contribution < 1.29 is 14.7 Å². The molecule has 0 aromatic heterocycles. The summed E-state index contributed by atoms with van der Waals surface area (Å²) in [6.45, 7) is 7.94. The number of benzene rings is 1. The van der Waals surface area contributed by atoms with Crippen LogP contribution in [0.15, 0.2) is 22.7 Å². The van der Waals surface area contributed by atoms with Crippen molar-refractivity contribution in [2.24, 2.45) is 5.41 Å². The van der Waals surface area contributed by atoms with E-state index >= 15 is 0 Å². The number of rotatable bonds is 3. The van der Waals surface area contributed by atoms with Crippen LogP contribution in [0, 0.1) is 5.41 Å². The fourth-order valence-corrected chi connectivity index (χ4v) is 1.74. The highest BCUT2D eigenvalue weighted by Crippen LogP contribution is 2.22. The zero-order valence-electron chi connectivity index (χ0n) is 12.0. The van der Waals surface area contributed by atoms with Gasteiger partial charge in [-0.2, -0.15) is 0 Å². The lowest BCUT2D eigenvalue weighted by atomic mass is 9.88. The van der Waals surface area contributed by atoms with Crippen LogP contribution in [0.4, 0.5) is 10.5 Å². The Kier molecular flexibility index (Phi) is 5.16. The number of anilines is 1. The Balaban J connectivity index is 2.86. The normalized spacial score (nSPS) is 12.7. The van der Waals surface area contributed by atoms with E-state index in [1.54, 1.807) is 12.1 Å². The maximum atomic E-state index is 11.9. The minimum absolute atomic E-state index is 0.0479. The molecule has 1 aromatic rings. The molecule has 6 heteroatoms. The number of carboxylic acid groups (broad SMARTS) is 1. The van der Waals surface area contributed by atoms with Crippen LogP contribution in [0.1, 0.15) is 38.1 Å². The number of carboxylic acids is 1. The van der Waals surface area contributed by atoms with Gasteiger partial charge in [-0.25, -0.2) is 9.59 Å². The average molecular weight is 343 g/mol. The summed E-state index contributed by atoms with van der Waals surface area (Å²) in [6, 6.07) is 4.14. The van der Waals surface area contributed by atoms with Gasteiger partial charge in [-0.05, 0) is 30.5 Å². The molecule has 1 atom stereocenters. The molecule has 20 heavy (non-hydrogen) atoms. The molecule has 5 nitrogen and oxygen atoms in total. The first-order valence-electron chi connectivity index (χ1n) is 6.21. The molecule has 0 saturated heterocycles. The number of amides is 2. The molecule has 0 aliphatic carbocycles. The van der Waals surface area contributed by atoms with Crippen molar-refractivity contribution in [3.8, 4) is 0 Å². The van der Waals surface area contributed by atoms with Crippen LogP contribution in [-0.2, 0) is 0 Å². The fraction of sp³-hybridized carbons (Fsp3) is 0.429. The largest absolute Gasteiger partial charge is 0.478 e. The van der Waals surface area contributed by atoms with Gasteiger partial charge in [0.25, 0.3) is 0 Å². The van der Waals surface area contributed by atoms with Gasteiger partial charge < -0.3 is 15.7 Å². The summed E-state index contributed by atoms with van der Waals surface area (Å²) < 4.78 is 0.696. The molecule has 3 N–H and O–H groups in total. The zero-order valence-corrected chi connectivity index (χ0v) is 13.5. The third-order valence-corrected chi connectivity index (χ3v) is 3.60. The van der Waals surface area contributed by atoms with Crippen LogP contribution in [0.5, 0.6) is 0 Å². The molecule has 0 aliphatic heterocycles. The van der Waals surface area contributed by atoms with Crippen molar-refractivity contribution in [3.05, 3.63) is 28.2 Å². The first-order valence-corrected chi connectivity index (χ1v) is 7.01. The Morgan fingerprint density at radius 3 is 2.40 bits per heavy atom. The average Bonchev–Trinajstić information content (AvgIpc) is 2.26. The summed E-state index contributed by atoms with van der Waals surface area (Å²) >= 11 is 3.25. The third-order valence-electron chi connectivity index (χ3n) is 3.11. The highest BCUT2D eigenvalue weighted by molar-refractivity contribution is 9.10. The molecular weight excluding hydrogens is 324 g/mol. The van der Waals surface area contributed by atoms with E-state index < -0.39 is 12.0 Å². The fourth-order valence-electron chi connectivity index (χ4n) is 1.38. The van der Waals surface area contributed by atoms with Crippen molar-refractivity contribution >= 4 is 33.6 Å². The maximum Gasteiger partial charge on any atom is 0.337 e. The molecule has 0 aliphatic rings. The SMILES string of the molecule is CC(NC(=O)Nc1cc(Br)ccc1C(=O)O)C(C)(C)C. The van der Waals surface area contributed by atoms with Gasteiger partial charge in [0, 0.05) is 10.5 Å². The second-order valence-corrected chi connectivity index (χ2v) is 6.60. The minimum atomic E-state index is -1.09. The van der Waals surface area contributed by atoms with E-state index in [-0.39, 0.29) is 22.7 Å². The predicted octanol–water partition coefficient (Wildman–Crippen LogP) is 3.70. The third kappa shape index (κ3) is 4.52. The van der Waals surface area contributed by atoms with E-state index in [1.165, 1.54) is 6.07 Å². The summed E-state index contributed by atoms with van der Waals surface area (Å²) in [5.41, 5.74) is 0.224. The van der Waals surface area contributed by atoms with Gasteiger partial charge in [0.1, 0.15) is 0 Å². The van der Waals surface area contributed by atoms with Crippen LogP contribution in [0.3, 0.4) is 0 Å². The van der Waals surface area contributed by atoms with Crippen molar-refractivity contribution in [1.29, 1.82) is 0 Å². The van der Waals surface area contributed by atoms with E-state index in [0.29, 0.717) is 4.47 Å². The molecular formula is C14H19BrN2O3. The van der Waals surface area contributed by atoms with Crippen LogP contribution >= 0.6 is 15.9 Å². The summed E-state index contributed by atoms with van der Waals surface area (Å²) in [4.78, 5) is 23.0. The van der Waals surface area contributed by atoms with Gasteiger partial charge in [0.2, 0.25) is 0 Å².